The molecule has 1 unspecified atom stereocenters. The third-order valence-corrected chi connectivity index (χ3v) is 5.64. The van der Waals surface area contributed by atoms with Crippen LogP contribution in [0.3, 0.4) is 0 Å². The Bertz CT molecular complexity index is 1110. The van der Waals surface area contributed by atoms with Crippen LogP contribution in [0.15, 0.2) is 40.9 Å². The minimum absolute atomic E-state index is 0.126. The van der Waals surface area contributed by atoms with Gasteiger partial charge in [0.15, 0.2) is 11.5 Å². The number of methoxy groups -OCH3 is 1. The van der Waals surface area contributed by atoms with Crippen molar-refractivity contribution >= 4 is 14.7 Å². The molecular formula is C24H30N4O3Si. The first-order chi connectivity index (χ1) is 15.1. The van der Waals surface area contributed by atoms with Gasteiger partial charge >= 0.3 is 0 Å². The second kappa shape index (κ2) is 9.45. The molecule has 0 radical (unpaired) electrons. The number of anilines is 1. The van der Waals surface area contributed by atoms with Crippen molar-refractivity contribution in [1.82, 2.24) is 10.1 Å². The van der Waals surface area contributed by atoms with Gasteiger partial charge in [0.2, 0.25) is 20.8 Å². The number of aromatic nitrogens is 2. The van der Waals surface area contributed by atoms with Gasteiger partial charge in [0.05, 0.1) is 13.2 Å². The van der Waals surface area contributed by atoms with Gasteiger partial charge in [-0.3, -0.25) is 0 Å². The summed E-state index contributed by atoms with van der Waals surface area (Å²) in [5, 5.41) is 17.2. The van der Waals surface area contributed by atoms with Crippen LogP contribution in [0.2, 0.25) is 13.1 Å². The van der Waals surface area contributed by atoms with E-state index in [1.165, 1.54) is 0 Å². The highest BCUT2D eigenvalue weighted by atomic mass is 28.3. The number of aryl methyl sites for hydroxylation is 1. The molecule has 3 rings (SSSR count). The van der Waals surface area contributed by atoms with E-state index >= 15 is 0 Å². The third kappa shape index (κ3) is 5.11. The van der Waals surface area contributed by atoms with Gasteiger partial charge < -0.3 is 19.0 Å². The lowest BCUT2D eigenvalue weighted by Crippen LogP contribution is -2.20. The van der Waals surface area contributed by atoms with E-state index in [0.717, 1.165) is 22.4 Å². The Morgan fingerprint density at radius 2 is 1.78 bits per heavy atom. The van der Waals surface area contributed by atoms with E-state index in [4.69, 9.17) is 13.7 Å². The van der Waals surface area contributed by atoms with Crippen LogP contribution in [0.25, 0.3) is 11.4 Å². The highest BCUT2D eigenvalue weighted by molar-refractivity contribution is 6.49. The van der Waals surface area contributed by atoms with Crippen molar-refractivity contribution in [3.05, 3.63) is 53.4 Å². The maximum absolute atomic E-state index is 10.00. The molecule has 0 spiro atoms. The summed E-state index contributed by atoms with van der Waals surface area (Å²) in [7, 11) is 0.190. The zero-order valence-electron chi connectivity index (χ0n) is 19.7. The smallest absolute Gasteiger partial charge is 0.229 e. The molecule has 1 heterocycles. The van der Waals surface area contributed by atoms with Crippen molar-refractivity contribution in [2.24, 2.45) is 0 Å². The van der Waals surface area contributed by atoms with Crippen LogP contribution in [0.4, 0.5) is 5.69 Å². The van der Waals surface area contributed by atoms with E-state index in [0.29, 0.717) is 23.2 Å². The number of nitrogens with zero attached hydrogens (tertiary/aromatic N) is 3. The molecule has 168 valence electrons. The van der Waals surface area contributed by atoms with Crippen LogP contribution < -0.4 is 14.5 Å². The Kier molecular flexibility index (Phi) is 6.89. The highest BCUT2D eigenvalue weighted by Gasteiger charge is 2.27. The summed E-state index contributed by atoms with van der Waals surface area (Å²) in [6.07, 6.45) is 0. The molecule has 0 saturated heterocycles. The number of nitriles is 1. The minimum atomic E-state index is -1.46. The van der Waals surface area contributed by atoms with Crippen molar-refractivity contribution < 1.29 is 13.7 Å². The molecule has 0 bridgehead atoms. The molecule has 7 nitrogen and oxygen atoms in total. The van der Waals surface area contributed by atoms with Crippen molar-refractivity contribution in [3.8, 4) is 29.0 Å². The highest BCUT2D eigenvalue weighted by Crippen LogP contribution is 2.43. The number of benzene rings is 2. The topological polar surface area (TPSA) is 93.2 Å². The first-order valence-corrected chi connectivity index (χ1v) is 13.4. The van der Waals surface area contributed by atoms with Crippen LogP contribution in [0, 0.1) is 18.3 Å². The summed E-state index contributed by atoms with van der Waals surface area (Å²) < 4.78 is 17.1. The molecule has 0 saturated carbocycles. The molecule has 32 heavy (non-hydrogen) atoms. The van der Waals surface area contributed by atoms with Gasteiger partial charge in [0.1, 0.15) is 6.04 Å². The fraction of sp³-hybridized carbons (Fsp3) is 0.375. The second-order valence-corrected chi connectivity index (χ2v) is 11.2. The maximum Gasteiger partial charge on any atom is 0.229 e. The normalized spacial score (nSPS) is 12.3. The van der Waals surface area contributed by atoms with Crippen molar-refractivity contribution in [2.75, 3.05) is 12.4 Å². The third-order valence-electron chi connectivity index (χ3n) is 4.93. The first-order valence-electron chi connectivity index (χ1n) is 10.6. The predicted octanol–water partition coefficient (Wildman–Crippen LogP) is 5.39. The van der Waals surface area contributed by atoms with Gasteiger partial charge in [-0.25, -0.2) is 0 Å². The number of hydrogen-bond donors (Lipinski definition) is 1. The van der Waals surface area contributed by atoms with E-state index in [1.807, 2.05) is 36.4 Å². The zero-order chi connectivity index (χ0) is 23.5. The number of ether oxygens (including phenoxy) is 1. The average molecular weight is 451 g/mol. The van der Waals surface area contributed by atoms with Crippen molar-refractivity contribution in [3.63, 3.8) is 0 Å². The van der Waals surface area contributed by atoms with Crippen LogP contribution in [0.5, 0.6) is 11.5 Å². The standard InChI is InChI=1S/C24H30N4O3Si/c1-15-26-23(28-30-15)16-8-10-17(11-9-16)27-20(14-25)18-12-13-19(24(2,3)4)22(29-5)21(18)31-32(6)7/h8-13,20,27,32H,1-7H3. The zero-order valence-corrected chi connectivity index (χ0v) is 20.8. The van der Waals surface area contributed by atoms with E-state index in [2.05, 4.69) is 55.4 Å². The average Bonchev–Trinajstić information content (AvgIpc) is 3.17. The lowest BCUT2D eigenvalue weighted by atomic mass is 9.85. The summed E-state index contributed by atoms with van der Waals surface area (Å²) >= 11 is 0. The van der Waals surface area contributed by atoms with E-state index < -0.39 is 15.1 Å². The van der Waals surface area contributed by atoms with Gasteiger partial charge in [-0.05, 0) is 42.8 Å². The first kappa shape index (κ1) is 23.4. The van der Waals surface area contributed by atoms with Crippen LogP contribution in [0.1, 0.15) is 43.8 Å². The van der Waals surface area contributed by atoms with E-state index in [1.54, 1.807) is 14.0 Å². The molecule has 0 aliphatic carbocycles. The maximum atomic E-state index is 10.00. The van der Waals surface area contributed by atoms with Crippen molar-refractivity contribution in [2.45, 2.75) is 52.2 Å². The summed E-state index contributed by atoms with van der Waals surface area (Å²) in [5.41, 5.74) is 3.32. The quantitative estimate of drug-likeness (QED) is 0.482. The number of rotatable bonds is 7. The number of nitrogens with one attached hydrogen (secondary N) is 1. The lowest BCUT2D eigenvalue weighted by Gasteiger charge is -2.27. The SMILES string of the molecule is COc1c(C(C)(C)C)ccc(C(C#N)Nc2ccc(-c3noc(C)n3)cc2)c1O[SiH](C)C. The van der Waals surface area contributed by atoms with Gasteiger partial charge in [-0.15, -0.1) is 0 Å². The molecule has 0 aliphatic heterocycles. The van der Waals surface area contributed by atoms with Crippen molar-refractivity contribution in [1.29, 1.82) is 5.26 Å². The second-order valence-electron chi connectivity index (χ2n) is 8.90. The largest absolute Gasteiger partial charge is 0.544 e. The molecule has 8 heteroatoms. The Morgan fingerprint density at radius 3 is 2.28 bits per heavy atom. The van der Waals surface area contributed by atoms with Crippen LogP contribution in [-0.4, -0.2) is 26.3 Å². The minimum Gasteiger partial charge on any atom is -0.544 e. The molecule has 0 amide bonds. The number of hydrogen-bond acceptors (Lipinski definition) is 7. The monoisotopic (exact) mass is 450 g/mol. The van der Waals surface area contributed by atoms with Crippen LogP contribution in [-0.2, 0) is 5.41 Å². The Hall–Kier alpha value is -3.31. The molecule has 3 aromatic rings. The Morgan fingerprint density at radius 1 is 1.09 bits per heavy atom. The van der Waals surface area contributed by atoms with Crippen LogP contribution >= 0.6 is 0 Å². The molecule has 1 atom stereocenters. The molecule has 0 aliphatic rings. The predicted molar refractivity (Wildman–Crippen MR) is 128 cm³/mol. The fourth-order valence-corrected chi connectivity index (χ4v) is 4.15. The lowest BCUT2D eigenvalue weighted by molar-refractivity contribution is 0.377. The van der Waals surface area contributed by atoms with Gasteiger partial charge in [0.25, 0.3) is 0 Å². The molecule has 1 aromatic heterocycles. The Labute approximate surface area is 191 Å². The molecular weight excluding hydrogens is 420 g/mol. The van der Waals surface area contributed by atoms with Gasteiger partial charge in [-0.1, -0.05) is 38.1 Å². The fourth-order valence-electron chi connectivity index (χ4n) is 3.43. The summed E-state index contributed by atoms with van der Waals surface area (Å²) in [5.74, 6) is 2.40. The van der Waals surface area contributed by atoms with Gasteiger partial charge in [-0.2, -0.15) is 10.2 Å². The molecule has 2 aromatic carbocycles. The Balaban J connectivity index is 1.96. The summed E-state index contributed by atoms with van der Waals surface area (Å²) in [6.45, 7) is 12.3. The van der Waals surface area contributed by atoms with E-state index in [-0.39, 0.29) is 5.41 Å². The molecule has 1 N–H and O–H groups in total. The summed E-state index contributed by atoms with van der Waals surface area (Å²) in [4.78, 5) is 4.24. The summed E-state index contributed by atoms with van der Waals surface area (Å²) in [6, 6.07) is 13.3. The van der Waals surface area contributed by atoms with Gasteiger partial charge in [0, 0.05) is 29.3 Å². The molecule has 0 fully saturated rings. The van der Waals surface area contributed by atoms with E-state index in [9.17, 15) is 5.26 Å².